The summed E-state index contributed by atoms with van der Waals surface area (Å²) in [6.07, 6.45) is 5.05. The van der Waals surface area contributed by atoms with E-state index in [9.17, 15) is 4.79 Å². The van der Waals surface area contributed by atoms with Gasteiger partial charge in [0.1, 0.15) is 17.0 Å². The predicted molar refractivity (Wildman–Crippen MR) is 126 cm³/mol. The van der Waals surface area contributed by atoms with E-state index in [2.05, 4.69) is 50.9 Å². The summed E-state index contributed by atoms with van der Waals surface area (Å²) < 4.78 is 0. The first-order valence-corrected chi connectivity index (χ1v) is 12.0. The maximum Gasteiger partial charge on any atom is 0.261 e. The molecule has 7 nitrogen and oxygen atoms in total. The number of piperazine rings is 1. The van der Waals surface area contributed by atoms with E-state index in [1.807, 2.05) is 6.92 Å². The molecule has 1 aliphatic heterocycles. The van der Waals surface area contributed by atoms with Gasteiger partial charge >= 0.3 is 0 Å². The third-order valence-electron chi connectivity index (χ3n) is 5.93. The number of aryl methyl sites for hydroxylation is 1. The zero-order chi connectivity index (χ0) is 21.5. The third-order valence-corrected chi connectivity index (χ3v) is 7.13. The van der Waals surface area contributed by atoms with Crippen LogP contribution in [0.3, 0.4) is 0 Å². The monoisotopic (exact) mass is 432 g/mol. The van der Waals surface area contributed by atoms with E-state index < -0.39 is 0 Å². The first kappa shape index (κ1) is 22.9. The molecule has 8 heteroatoms. The summed E-state index contributed by atoms with van der Waals surface area (Å²) in [5.41, 5.74) is 1.00. The largest absolute Gasteiger partial charge is 0.353 e. The number of aromatic nitrogens is 2. The molecule has 1 fully saturated rings. The second kappa shape index (κ2) is 11.0. The highest BCUT2D eigenvalue weighted by atomic mass is 32.1. The van der Waals surface area contributed by atoms with Crippen LogP contribution >= 0.6 is 11.3 Å². The third kappa shape index (κ3) is 5.47. The highest BCUT2D eigenvalue weighted by Gasteiger charge is 2.23. The number of fused-ring (bicyclic) bond motifs is 1. The van der Waals surface area contributed by atoms with Crippen LogP contribution in [0, 0.1) is 6.92 Å². The molecule has 0 spiro atoms. The lowest BCUT2D eigenvalue weighted by Gasteiger charge is -2.33. The molecule has 30 heavy (non-hydrogen) atoms. The van der Waals surface area contributed by atoms with Crippen molar-refractivity contribution in [3.8, 4) is 0 Å². The highest BCUT2D eigenvalue weighted by molar-refractivity contribution is 7.20. The number of rotatable bonds is 10. The Bertz CT molecular complexity index is 830. The number of hydrogen-bond donors (Lipinski definition) is 1. The standard InChI is InChI=1S/C22H36N6OS/c1-5-7-10-27(6-2)11-8-9-23-21(29)19-17(3)18-20(24-16-25-22(18)30-19)28-14-12-26(4)13-15-28/h16H,5-15H2,1-4H3,(H,23,29). The maximum atomic E-state index is 12.9. The van der Waals surface area contributed by atoms with Crippen molar-refractivity contribution in [1.29, 1.82) is 0 Å². The minimum absolute atomic E-state index is 0.0106. The Labute approximate surface area is 184 Å². The molecule has 0 aromatic carbocycles. The zero-order valence-corrected chi connectivity index (χ0v) is 19.7. The quantitative estimate of drug-likeness (QED) is 0.582. The fraction of sp³-hybridized carbons (Fsp3) is 0.682. The summed E-state index contributed by atoms with van der Waals surface area (Å²) in [7, 11) is 2.15. The van der Waals surface area contributed by atoms with Crippen LogP contribution in [0.5, 0.6) is 0 Å². The fourth-order valence-corrected chi connectivity index (χ4v) is 4.98. The van der Waals surface area contributed by atoms with Crippen molar-refractivity contribution in [2.24, 2.45) is 0 Å². The minimum Gasteiger partial charge on any atom is -0.353 e. The summed E-state index contributed by atoms with van der Waals surface area (Å²) in [6, 6.07) is 0. The van der Waals surface area contributed by atoms with Gasteiger partial charge in [-0.1, -0.05) is 20.3 Å². The van der Waals surface area contributed by atoms with Gasteiger partial charge in [0.15, 0.2) is 0 Å². The molecular weight excluding hydrogens is 396 g/mol. The van der Waals surface area contributed by atoms with Gasteiger partial charge in [0.05, 0.1) is 10.3 Å². The Hall–Kier alpha value is -1.77. The van der Waals surface area contributed by atoms with E-state index in [0.717, 1.165) is 78.7 Å². The fourth-order valence-electron chi connectivity index (χ4n) is 3.92. The molecule has 1 saturated heterocycles. The molecule has 3 rings (SSSR count). The number of nitrogens with one attached hydrogen (secondary N) is 1. The maximum absolute atomic E-state index is 12.9. The van der Waals surface area contributed by atoms with Gasteiger partial charge < -0.3 is 20.0 Å². The minimum atomic E-state index is 0.0106. The van der Waals surface area contributed by atoms with Crippen LogP contribution in [0.2, 0.25) is 0 Å². The number of nitrogens with zero attached hydrogens (tertiary/aromatic N) is 5. The summed E-state index contributed by atoms with van der Waals surface area (Å²) in [4.78, 5) is 30.7. The number of carbonyl (C=O) groups excluding carboxylic acids is 1. The topological polar surface area (TPSA) is 64.6 Å². The lowest BCUT2D eigenvalue weighted by molar-refractivity contribution is 0.0955. The van der Waals surface area contributed by atoms with Crippen LogP contribution in [0.1, 0.15) is 48.3 Å². The molecule has 0 aliphatic carbocycles. The normalized spacial score (nSPS) is 15.3. The lowest BCUT2D eigenvalue weighted by atomic mass is 10.1. The number of hydrogen-bond acceptors (Lipinski definition) is 7. The van der Waals surface area contributed by atoms with Gasteiger partial charge in [0.25, 0.3) is 5.91 Å². The summed E-state index contributed by atoms with van der Waals surface area (Å²) in [6.45, 7) is 14.3. The van der Waals surface area contributed by atoms with E-state index in [0.29, 0.717) is 6.54 Å². The van der Waals surface area contributed by atoms with Crippen molar-refractivity contribution in [1.82, 2.24) is 25.1 Å². The molecule has 1 aliphatic rings. The van der Waals surface area contributed by atoms with E-state index in [1.54, 1.807) is 6.33 Å². The van der Waals surface area contributed by atoms with Crippen LogP contribution in [0.15, 0.2) is 6.33 Å². The molecular formula is C22H36N6OS. The Morgan fingerprint density at radius 2 is 1.90 bits per heavy atom. The van der Waals surface area contributed by atoms with Crippen LogP contribution in [0.4, 0.5) is 5.82 Å². The highest BCUT2D eigenvalue weighted by Crippen LogP contribution is 2.35. The van der Waals surface area contributed by atoms with E-state index in [-0.39, 0.29) is 5.91 Å². The molecule has 1 N–H and O–H groups in total. The molecule has 0 radical (unpaired) electrons. The molecule has 1 amide bonds. The molecule has 0 bridgehead atoms. The van der Waals surface area contributed by atoms with E-state index in [1.165, 1.54) is 24.2 Å². The molecule has 0 atom stereocenters. The average molecular weight is 433 g/mol. The van der Waals surface area contributed by atoms with Gasteiger partial charge in [-0.2, -0.15) is 0 Å². The second-order valence-electron chi connectivity index (χ2n) is 8.12. The lowest BCUT2D eigenvalue weighted by Crippen LogP contribution is -2.44. The molecule has 0 saturated carbocycles. The number of unbranched alkanes of at least 4 members (excludes halogenated alkanes) is 1. The van der Waals surface area contributed by atoms with Gasteiger partial charge in [-0.05, 0) is 52.0 Å². The average Bonchev–Trinajstić information content (AvgIpc) is 3.10. The Balaban J connectivity index is 1.64. The van der Waals surface area contributed by atoms with Crippen molar-refractivity contribution in [3.05, 3.63) is 16.8 Å². The van der Waals surface area contributed by atoms with Crippen LogP contribution in [-0.2, 0) is 0 Å². The Morgan fingerprint density at radius 1 is 1.17 bits per heavy atom. The molecule has 166 valence electrons. The summed E-state index contributed by atoms with van der Waals surface area (Å²) in [5, 5.41) is 4.15. The Morgan fingerprint density at radius 3 is 2.60 bits per heavy atom. The Kier molecular flexibility index (Phi) is 8.41. The molecule has 2 aromatic heterocycles. The number of amides is 1. The van der Waals surface area contributed by atoms with Crippen LogP contribution in [-0.4, -0.2) is 85.1 Å². The molecule has 0 unspecified atom stereocenters. The predicted octanol–water partition coefficient (Wildman–Crippen LogP) is 2.99. The summed E-state index contributed by atoms with van der Waals surface area (Å²) >= 11 is 1.48. The van der Waals surface area contributed by atoms with Crippen molar-refractivity contribution >= 4 is 33.3 Å². The van der Waals surface area contributed by atoms with Crippen LogP contribution < -0.4 is 10.2 Å². The van der Waals surface area contributed by atoms with E-state index >= 15 is 0 Å². The number of likely N-dealkylation sites (N-methyl/N-ethyl adjacent to an activating group) is 1. The first-order chi connectivity index (χ1) is 14.5. The SMILES string of the molecule is CCCCN(CC)CCCNC(=O)c1sc2ncnc(N3CCN(C)CC3)c2c1C. The smallest absolute Gasteiger partial charge is 0.261 e. The van der Waals surface area contributed by atoms with Crippen molar-refractivity contribution in [3.63, 3.8) is 0 Å². The van der Waals surface area contributed by atoms with E-state index in [4.69, 9.17) is 0 Å². The number of carbonyl (C=O) groups is 1. The second-order valence-corrected chi connectivity index (χ2v) is 9.12. The number of thiophene rings is 1. The van der Waals surface area contributed by atoms with Crippen molar-refractivity contribution in [2.45, 2.75) is 40.0 Å². The van der Waals surface area contributed by atoms with Crippen molar-refractivity contribution in [2.75, 3.05) is 64.3 Å². The van der Waals surface area contributed by atoms with Gasteiger partial charge in [-0.15, -0.1) is 11.3 Å². The van der Waals surface area contributed by atoms with Crippen LogP contribution in [0.25, 0.3) is 10.2 Å². The van der Waals surface area contributed by atoms with Gasteiger partial charge in [-0.25, -0.2) is 9.97 Å². The van der Waals surface area contributed by atoms with Crippen molar-refractivity contribution < 1.29 is 4.79 Å². The zero-order valence-electron chi connectivity index (χ0n) is 18.9. The van der Waals surface area contributed by atoms with Gasteiger partial charge in [0.2, 0.25) is 0 Å². The summed E-state index contributed by atoms with van der Waals surface area (Å²) in [5.74, 6) is 0.979. The molecule has 2 aromatic rings. The van der Waals surface area contributed by atoms with Gasteiger partial charge in [0, 0.05) is 32.7 Å². The molecule has 3 heterocycles. The van der Waals surface area contributed by atoms with Gasteiger partial charge in [-0.3, -0.25) is 4.79 Å². The number of anilines is 1. The first-order valence-electron chi connectivity index (χ1n) is 11.2.